The monoisotopic (exact) mass is 264 g/mol. The summed E-state index contributed by atoms with van der Waals surface area (Å²) in [4.78, 5) is 4.48. The molecular weight excluding hydrogens is 248 g/mol. The second kappa shape index (κ2) is 5.61. The number of ether oxygens (including phenoxy) is 1. The van der Waals surface area contributed by atoms with Gasteiger partial charge in [0.25, 0.3) is 0 Å². The van der Waals surface area contributed by atoms with Crippen molar-refractivity contribution in [2.24, 2.45) is 0 Å². The lowest BCUT2D eigenvalue weighted by molar-refractivity contribution is 0.311. The summed E-state index contributed by atoms with van der Waals surface area (Å²) in [6.45, 7) is 0.569. The summed E-state index contributed by atoms with van der Waals surface area (Å²) in [6, 6.07) is 19.8. The molecule has 1 heterocycles. The first-order chi connectivity index (χ1) is 9.83. The molecule has 3 rings (SSSR count). The Morgan fingerprint density at radius 1 is 0.900 bits per heavy atom. The van der Waals surface area contributed by atoms with Gasteiger partial charge in [-0.05, 0) is 23.8 Å². The third-order valence-electron chi connectivity index (χ3n) is 3.25. The number of para-hydroxylation sites is 2. The fraction of sp³-hybridized carbons (Fsp3) is 0.118. The van der Waals surface area contributed by atoms with E-state index in [1.807, 2.05) is 60.7 Å². The summed E-state index contributed by atoms with van der Waals surface area (Å²) in [5, 5.41) is 1.12. The first kappa shape index (κ1) is 12.5. The molecule has 1 aromatic heterocycles. The Bertz CT molecular complexity index is 725. The van der Waals surface area contributed by atoms with E-state index >= 15 is 0 Å². The predicted octanol–water partition coefficient (Wildman–Crippen LogP) is 3.44. The van der Waals surface area contributed by atoms with Crippen molar-refractivity contribution in [3.05, 3.63) is 66.2 Å². The number of hydrogen-bond acceptors (Lipinski definition) is 3. The van der Waals surface area contributed by atoms with Crippen molar-refractivity contribution in [3.63, 3.8) is 0 Å². The van der Waals surface area contributed by atoms with Crippen LogP contribution in [0, 0.1) is 0 Å². The molecule has 0 fully saturated rings. The Morgan fingerprint density at radius 3 is 2.60 bits per heavy atom. The van der Waals surface area contributed by atoms with E-state index in [0.29, 0.717) is 12.5 Å². The Labute approximate surface area is 118 Å². The number of nitrogens with zero attached hydrogens (tertiary/aromatic N) is 1. The Hall–Kier alpha value is -2.55. The average molecular weight is 264 g/mol. The molecule has 0 aliphatic carbocycles. The molecule has 20 heavy (non-hydrogen) atoms. The zero-order chi connectivity index (χ0) is 13.8. The van der Waals surface area contributed by atoms with Crippen LogP contribution in [-0.4, -0.2) is 11.6 Å². The van der Waals surface area contributed by atoms with Gasteiger partial charge >= 0.3 is 0 Å². The van der Waals surface area contributed by atoms with Crippen molar-refractivity contribution in [1.29, 1.82) is 0 Å². The average Bonchev–Trinajstić information content (AvgIpc) is 2.49. The SMILES string of the molecule is Nc1ccccc1CCOc1ccc2ccccc2n1. The molecule has 0 radical (unpaired) electrons. The Morgan fingerprint density at radius 2 is 1.70 bits per heavy atom. The van der Waals surface area contributed by atoms with Gasteiger partial charge in [-0.2, -0.15) is 0 Å². The minimum Gasteiger partial charge on any atom is -0.477 e. The molecule has 0 amide bonds. The fourth-order valence-electron chi connectivity index (χ4n) is 2.16. The van der Waals surface area contributed by atoms with E-state index in [4.69, 9.17) is 10.5 Å². The van der Waals surface area contributed by atoms with Crippen LogP contribution in [0.1, 0.15) is 5.56 Å². The lowest BCUT2D eigenvalue weighted by atomic mass is 10.1. The minimum atomic E-state index is 0.569. The Kier molecular flexibility index (Phi) is 3.50. The van der Waals surface area contributed by atoms with E-state index in [1.54, 1.807) is 0 Å². The van der Waals surface area contributed by atoms with Gasteiger partial charge < -0.3 is 10.5 Å². The van der Waals surface area contributed by atoms with Gasteiger partial charge in [-0.15, -0.1) is 0 Å². The van der Waals surface area contributed by atoms with Gasteiger partial charge in [0.1, 0.15) is 0 Å². The number of rotatable bonds is 4. The molecule has 2 aromatic carbocycles. The van der Waals surface area contributed by atoms with Crippen LogP contribution < -0.4 is 10.5 Å². The van der Waals surface area contributed by atoms with E-state index < -0.39 is 0 Å². The van der Waals surface area contributed by atoms with E-state index in [2.05, 4.69) is 4.98 Å². The fourth-order valence-corrected chi connectivity index (χ4v) is 2.16. The number of benzene rings is 2. The molecular formula is C17H16N2O. The van der Waals surface area contributed by atoms with Crippen LogP contribution in [0.2, 0.25) is 0 Å². The highest BCUT2D eigenvalue weighted by Gasteiger charge is 2.01. The molecule has 0 aliphatic heterocycles. The maximum absolute atomic E-state index is 5.90. The molecule has 0 unspecified atom stereocenters. The van der Waals surface area contributed by atoms with Crippen molar-refractivity contribution in [1.82, 2.24) is 4.98 Å². The molecule has 3 aromatic rings. The molecule has 0 spiro atoms. The highest BCUT2D eigenvalue weighted by Crippen LogP contribution is 2.17. The molecule has 0 aliphatic rings. The molecule has 0 bridgehead atoms. The summed E-state index contributed by atoms with van der Waals surface area (Å²) < 4.78 is 5.71. The molecule has 2 N–H and O–H groups in total. The highest BCUT2D eigenvalue weighted by molar-refractivity contribution is 5.78. The van der Waals surface area contributed by atoms with Crippen LogP contribution in [0.3, 0.4) is 0 Å². The molecule has 100 valence electrons. The second-order valence-electron chi connectivity index (χ2n) is 4.64. The number of nitrogens with two attached hydrogens (primary N) is 1. The first-order valence-electron chi connectivity index (χ1n) is 6.65. The number of pyridine rings is 1. The lowest BCUT2D eigenvalue weighted by Gasteiger charge is -2.08. The smallest absolute Gasteiger partial charge is 0.213 e. The summed E-state index contributed by atoms with van der Waals surface area (Å²) in [6.07, 6.45) is 0.779. The number of anilines is 1. The zero-order valence-electron chi connectivity index (χ0n) is 11.1. The van der Waals surface area contributed by atoms with Gasteiger partial charge in [-0.1, -0.05) is 36.4 Å². The third-order valence-corrected chi connectivity index (χ3v) is 3.25. The van der Waals surface area contributed by atoms with Crippen molar-refractivity contribution in [2.45, 2.75) is 6.42 Å². The van der Waals surface area contributed by atoms with Gasteiger partial charge in [-0.25, -0.2) is 4.98 Å². The van der Waals surface area contributed by atoms with Crippen molar-refractivity contribution in [3.8, 4) is 5.88 Å². The van der Waals surface area contributed by atoms with Crippen molar-refractivity contribution in [2.75, 3.05) is 12.3 Å². The van der Waals surface area contributed by atoms with Gasteiger partial charge in [0.05, 0.1) is 12.1 Å². The zero-order valence-corrected chi connectivity index (χ0v) is 11.1. The number of aromatic nitrogens is 1. The van der Waals surface area contributed by atoms with E-state index in [1.165, 1.54) is 0 Å². The topological polar surface area (TPSA) is 48.1 Å². The summed E-state index contributed by atoms with van der Waals surface area (Å²) in [7, 11) is 0. The highest BCUT2D eigenvalue weighted by atomic mass is 16.5. The molecule has 3 heteroatoms. The van der Waals surface area contributed by atoms with Crippen LogP contribution in [-0.2, 0) is 6.42 Å². The van der Waals surface area contributed by atoms with E-state index in [0.717, 1.165) is 28.6 Å². The lowest BCUT2D eigenvalue weighted by Crippen LogP contribution is -2.04. The predicted molar refractivity (Wildman–Crippen MR) is 81.8 cm³/mol. The molecule has 0 atom stereocenters. The van der Waals surface area contributed by atoms with Crippen LogP contribution in [0.5, 0.6) is 5.88 Å². The molecule has 3 nitrogen and oxygen atoms in total. The van der Waals surface area contributed by atoms with Crippen molar-refractivity contribution >= 4 is 16.6 Å². The van der Waals surface area contributed by atoms with Gasteiger partial charge in [-0.3, -0.25) is 0 Å². The number of nitrogen functional groups attached to an aromatic ring is 1. The second-order valence-corrected chi connectivity index (χ2v) is 4.64. The van der Waals surface area contributed by atoms with Crippen LogP contribution in [0.25, 0.3) is 10.9 Å². The van der Waals surface area contributed by atoms with E-state index in [9.17, 15) is 0 Å². The molecule has 0 saturated heterocycles. The van der Waals surface area contributed by atoms with Gasteiger partial charge in [0.2, 0.25) is 5.88 Å². The first-order valence-corrected chi connectivity index (χ1v) is 6.65. The van der Waals surface area contributed by atoms with Gasteiger partial charge in [0, 0.05) is 23.6 Å². The minimum absolute atomic E-state index is 0.569. The Balaban J connectivity index is 1.67. The van der Waals surface area contributed by atoms with E-state index in [-0.39, 0.29) is 0 Å². The summed E-state index contributed by atoms with van der Waals surface area (Å²) in [5.41, 5.74) is 8.76. The standard InChI is InChI=1S/C17H16N2O/c18-15-7-3-1-5-13(15)11-12-20-17-10-9-14-6-2-4-8-16(14)19-17/h1-10H,11-12,18H2. The van der Waals surface area contributed by atoms with Crippen LogP contribution in [0.4, 0.5) is 5.69 Å². The van der Waals surface area contributed by atoms with Crippen LogP contribution >= 0.6 is 0 Å². The largest absolute Gasteiger partial charge is 0.477 e. The molecule has 0 saturated carbocycles. The maximum Gasteiger partial charge on any atom is 0.213 e. The third kappa shape index (κ3) is 2.72. The normalized spacial score (nSPS) is 10.6. The van der Waals surface area contributed by atoms with Crippen molar-refractivity contribution < 1.29 is 4.74 Å². The van der Waals surface area contributed by atoms with Gasteiger partial charge in [0.15, 0.2) is 0 Å². The number of hydrogen-bond donors (Lipinski definition) is 1. The maximum atomic E-state index is 5.90. The summed E-state index contributed by atoms with van der Waals surface area (Å²) >= 11 is 0. The number of fused-ring (bicyclic) bond motifs is 1. The van der Waals surface area contributed by atoms with Crippen LogP contribution in [0.15, 0.2) is 60.7 Å². The summed E-state index contributed by atoms with van der Waals surface area (Å²) in [5.74, 6) is 0.651. The quantitative estimate of drug-likeness (QED) is 0.734.